The van der Waals surface area contributed by atoms with E-state index in [9.17, 15) is 5.11 Å². The van der Waals surface area contributed by atoms with Crippen LogP contribution in [0.5, 0.6) is 0 Å². The van der Waals surface area contributed by atoms with Crippen molar-refractivity contribution in [3.63, 3.8) is 0 Å². The molecule has 0 saturated carbocycles. The second kappa shape index (κ2) is 8.25. The van der Waals surface area contributed by atoms with Gasteiger partial charge in [0.15, 0.2) is 0 Å². The Labute approximate surface area is 110 Å². The lowest BCUT2D eigenvalue weighted by molar-refractivity contribution is 0.0874. The second-order valence-corrected chi connectivity index (χ2v) is 4.80. The third-order valence-electron chi connectivity index (χ3n) is 3.31. The van der Waals surface area contributed by atoms with Crippen LogP contribution in [-0.4, -0.2) is 41.4 Å². The lowest BCUT2D eigenvalue weighted by Crippen LogP contribution is -2.32. The van der Waals surface area contributed by atoms with Crippen molar-refractivity contribution in [3.05, 3.63) is 35.9 Å². The molecule has 0 radical (unpaired) electrons. The molecule has 0 amide bonds. The molecule has 1 rings (SSSR count). The van der Waals surface area contributed by atoms with Crippen molar-refractivity contribution < 1.29 is 10.2 Å². The standard InChI is InChI=1S/C15H25NO2/c1-3-16(10-7-11-17)12-13(2)15(18)14-8-5-4-6-9-14/h4-6,8-9,13,15,17-18H,3,7,10-12H2,1-2H3. The molecule has 2 atom stereocenters. The number of aliphatic hydroxyl groups is 2. The number of hydrogen-bond acceptors (Lipinski definition) is 3. The molecule has 0 saturated heterocycles. The van der Waals surface area contributed by atoms with Gasteiger partial charge in [0.2, 0.25) is 0 Å². The lowest BCUT2D eigenvalue weighted by Gasteiger charge is -2.27. The Hall–Kier alpha value is -0.900. The van der Waals surface area contributed by atoms with E-state index in [0.29, 0.717) is 0 Å². The predicted molar refractivity (Wildman–Crippen MR) is 74.4 cm³/mol. The molecule has 0 spiro atoms. The number of benzene rings is 1. The molecule has 3 heteroatoms. The van der Waals surface area contributed by atoms with Gasteiger partial charge in [-0.3, -0.25) is 0 Å². The van der Waals surface area contributed by atoms with Crippen molar-refractivity contribution in [3.8, 4) is 0 Å². The maximum atomic E-state index is 10.3. The minimum Gasteiger partial charge on any atom is -0.396 e. The van der Waals surface area contributed by atoms with Crippen LogP contribution in [0.3, 0.4) is 0 Å². The summed E-state index contributed by atoms with van der Waals surface area (Å²) in [6.45, 7) is 7.10. The smallest absolute Gasteiger partial charge is 0.0827 e. The van der Waals surface area contributed by atoms with Gasteiger partial charge in [0, 0.05) is 19.7 Å². The summed E-state index contributed by atoms with van der Waals surface area (Å²) in [7, 11) is 0. The van der Waals surface area contributed by atoms with Crippen LogP contribution in [0.1, 0.15) is 31.9 Å². The Bertz CT molecular complexity index is 316. The summed E-state index contributed by atoms with van der Waals surface area (Å²) in [6.07, 6.45) is 0.372. The average Bonchev–Trinajstić information content (AvgIpc) is 2.43. The summed E-state index contributed by atoms with van der Waals surface area (Å²) in [5, 5.41) is 19.1. The third kappa shape index (κ3) is 4.77. The van der Waals surface area contributed by atoms with Gasteiger partial charge in [0.1, 0.15) is 0 Å². The summed E-state index contributed by atoms with van der Waals surface area (Å²) >= 11 is 0. The minimum atomic E-state index is -0.422. The summed E-state index contributed by atoms with van der Waals surface area (Å²) in [5.41, 5.74) is 0.975. The monoisotopic (exact) mass is 251 g/mol. The van der Waals surface area contributed by atoms with Crippen molar-refractivity contribution in [2.75, 3.05) is 26.2 Å². The van der Waals surface area contributed by atoms with Gasteiger partial charge in [-0.2, -0.15) is 0 Å². The Balaban J connectivity index is 2.50. The minimum absolute atomic E-state index is 0.186. The maximum absolute atomic E-state index is 10.3. The summed E-state index contributed by atoms with van der Waals surface area (Å²) in [6, 6.07) is 9.79. The van der Waals surface area contributed by atoms with E-state index < -0.39 is 6.10 Å². The molecular formula is C15H25NO2. The zero-order valence-electron chi connectivity index (χ0n) is 11.4. The van der Waals surface area contributed by atoms with Crippen molar-refractivity contribution >= 4 is 0 Å². The first-order valence-corrected chi connectivity index (χ1v) is 6.75. The molecule has 0 aliphatic rings. The molecule has 0 bridgehead atoms. The predicted octanol–water partition coefficient (Wildman–Crippen LogP) is 2.06. The Kier molecular flexibility index (Phi) is 6.94. The van der Waals surface area contributed by atoms with Crippen LogP contribution in [0.25, 0.3) is 0 Å². The fourth-order valence-corrected chi connectivity index (χ4v) is 2.16. The molecule has 0 heterocycles. The highest BCUT2D eigenvalue weighted by Crippen LogP contribution is 2.22. The van der Waals surface area contributed by atoms with E-state index in [-0.39, 0.29) is 12.5 Å². The van der Waals surface area contributed by atoms with Gasteiger partial charge in [-0.15, -0.1) is 0 Å². The number of aliphatic hydroxyl groups excluding tert-OH is 2. The summed E-state index contributed by atoms with van der Waals surface area (Å²) in [4.78, 5) is 2.27. The fraction of sp³-hybridized carbons (Fsp3) is 0.600. The Morgan fingerprint density at radius 2 is 1.89 bits per heavy atom. The average molecular weight is 251 g/mol. The van der Waals surface area contributed by atoms with Crippen LogP contribution >= 0.6 is 0 Å². The highest BCUT2D eigenvalue weighted by molar-refractivity contribution is 5.17. The Morgan fingerprint density at radius 1 is 1.22 bits per heavy atom. The first-order valence-electron chi connectivity index (χ1n) is 6.75. The van der Waals surface area contributed by atoms with Gasteiger partial charge in [-0.05, 0) is 24.4 Å². The van der Waals surface area contributed by atoms with E-state index in [1.165, 1.54) is 0 Å². The van der Waals surface area contributed by atoms with E-state index in [2.05, 4.69) is 18.7 Å². The zero-order valence-corrected chi connectivity index (χ0v) is 11.4. The third-order valence-corrected chi connectivity index (χ3v) is 3.31. The van der Waals surface area contributed by atoms with Crippen molar-refractivity contribution in [2.24, 2.45) is 5.92 Å². The first kappa shape index (κ1) is 15.2. The van der Waals surface area contributed by atoms with Crippen molar-refractivity contribution in [2.45, 2.75) is 26.4 Å². The molecule has 3 nitrogen and oxygen atoms in total. The highest BCUT2D eigenvalue weighted by atomic mass is 16.3. The van der Waals surface area contributed by atoms with Gasteiger partial charge in [-0.25, -0.2) is 0 Å². The Morgan fingerprint density at radius 3 is 2.44 bits per heavy atom. The van der Waals surface area contributed by atoms with Crippen LogP contribution in [0, 0.1) is 5.92 Å². The number of rotatable bonds is 8. The van der Waals surface area contributed by atoms with Gasteiger partial charge in [-0.1, -0.05) is 44.2 Å². The van der Waals surface area contributed by atoms with Crippen LogP contribution in [0.15, 0.2) is 30.3 Å². The van der Waals surface area contributed by atoms with E-state index in [4.69, 9.17) is 5.11 Å². The SMILES string of the molecule is CCN(CCCO)CC(C)C(O)c1ccccc1. The topological polar surface area (TPSA) is 43.7 Å². The molecule has 2 unspecified atom stereocenters. The molecule has 102 valence electrons. The lowest BCUT2D eigenvalue weighted by atomic mass is 9.97. The molecule has 0 aromatic heterocycles. The van der Waals surface area contributed by atoms with E-state index in [1.807, 2.05) is 30.3 Å². The fourth-order valence-electron chi connectivity index (χ4n) is 2.16. The summed E-state index contributed by atoms with van der Waals surface area (Å²) in [5.74, 6) is 0.186. The second-order valence-electron chi connectivity index (χ2n) is 4.80. The zero-order chi connectivity index (χ0) is 13.4. The van der Waals surface area contributed by atoms with E-state index in [0.717, 1.165) is 31.6 Å². The van der Waals surface area contributed by atoms with Crippen molar-refractivity contribution in [1.82, 2.24) is 4.90 Å². The summed E-state index contributed by atoms with van der Waals surface area (Å²) < 4.78 is 0. The number of hydrogen-bond donors (Lipinski definition) is 2. The molecule has 1 aromatic carbocycles. The molecule has 0 aliphatic carbocycles. The van der Waals surface area contributed by atoms with Crippen molar-refractivity contribution in [1.29, 1.82) is 0 Å². The van der Waals surface area contributed by atoms with Crippen LogP contribution < -0.4 is 0 Å². The van der Waals surface area contributed by atoms with Gasteiger partial charge in [0.05, 0.1) is 6.10 Å². The van der Waals surface area contributed by atoms with Gasteiger partial charge in [0.25, 0.3) is 0 Å². The van der Waals surface area contributed by atoms with Crippen LogP contribution in [0.2, 0.25) is 0 Å². The molecular weight excluding hydrogens is 226 g/mol. The number of nitrogens with zero attached hydrogens (tertiary/aromatic N) is 1. The largest absolute Gasteiger partial charge is 0.396 e. The van der Waals surface area contributed by atoms with Crippen LogP contribution in [-0.2, 0) is 0 Å². The quantitative estimate of drug-likeness (QED) is 0.743. The van der Waals surface area contributed by atoms with Gasteiger partial charge >= 0.3 is 0 Å². The maximum Gasteiger partial charge on any atom is 0.0827 e. The molecule has 18 heavy (non-hydrogen) atoms. The normalized spacial score (nSPS) is 14.7. The highest BCUT2D eigenvalue weighted by Gasteiger charge is 2.18. The molecule has 0 aliphatic heterocycles. The van der Waals surface area contributed by atoms with Crippen LogP contribution in [0.4, 0.5) is 0 Å². The van der Waals surface area contributed by atoms with E-state index in [1.54, 1.807) is 0 Å². The molecule has 1 aromatic rings. The van der Waals surface area contributed by atoms with Gasteiger partial charge < -0.3 is 15.1 Å². The molecule has 2 N–H and O–H groups in total. The molecule has 0 fully saturated rings. The van der Waals surface area contributed by atoms with E-state index >= 15 is 0 Å². The first-order chi connectivity index (χ1) is 8.69.